The Kier molecular flexibility index (Phi) is 16.6. The van der Waals surface area contributed by atoms with Gasteiger partial charge in [0.15, 0.2) is 5.78 Å². The summed E-state index contributed by atoms with van der Waals surface area (Å²) in [4.78, 5) is 18.3. The number of aliphatic hydroxyl groups excluding tert-OH is 1. The molecule has 1 heterocycles. The van der Waals surface area contributed by atoms with Crippen molar-refractivity contribution in [3.63, 3.8) is 0 Å². The molecule has 1 aromatic heterocycles. The maximum Gasteiger partial charge on any atom is 0.155 e. The number of hydrogen-bond donors (Lipinski definition) is 1. The van der Waals surface area contributed by atoms with Gasteiger partial charge < -0.3 is 5.11 Å². The van der Waals surface area contributed by atoms with Gasteiger partial charge in [-0.05, 0) is 32.3 Å². The molecule has 0 aliphatic heterocycles. The fourth-order valence-corrected chi connectivity index (χ4v) is 3.14. The van der Waals surface area contributed by atoms with E-state index in [2.05, 4.69) is 23.0 Å². The first-order chi connectivity index (χ1) is 15.8. The van der Waals surface area contributed by atoms with Crippen LogP contribution in [0.25, 0.3) is 11.4 Å². The van der Waals surface area contributed by atoms with Crippen molar-refractivity contribution in [1.82, 2.24) is 9.97 Å². The van der Waals surface area contributed by atoms with E-state index in [4.69, 9.17) is 10.4 Å². The summed E-state index contributed by atoms with van der Waals surface area (Å²) in [5.74, 6) is -1.85. The van der Waals surface area contributed by atoms with Crippen molar-refractivity contribution in [1.29, 1.82) is 5.26 Å². The minimum Gasteiger partial charge on any atom is -0.512 e. The van der Waals surface area contributed by atoms with Gasteiger partial charge in [-0.3, -0.25) is 23.5 Å². The van der Waals surface area contributed by atoms with Crippen LogP contribution < -0.4 is 0 Å². The maximum absolute atomic E-state index is 14.1. The molecule has 0 aliphatic carbocycles. The SMILES string of the molecule is CC(=O)C=C(C)O.CCCCCCCCCCc1cnc(-c2[c-]cc(F)c(C#N)c2F)nc1.[Ir]. The second-order valence-corrected chi connectivity index (χ2v) is 7.85. The Balaban J connectivity index is 0.00000119. The smallest absolute Gasteiger partial charge is 0.155 e. The van der Waals surface area contributed by atoms with Gasteiger partial charge in [-0.25, -0.2) is 0 Å². The normalized spacial score (nSPS) is 10.5. The number of nitrogens with zero attached hydrogens (tertiary/aromatic N) is 3. The number of carbonyl (C=O) groups is 1. The van der Waals surface area contributed by atoms with Gasteiger partial charge in [0.05, 0.1) is 29.3 Å². The van der Waals surface area contributed by atoms with Crippen LogP contribution in [-0.2, 0) is 31.3 Å². The van der Waals surface area contributed by atoms with Crippen molar-refractivity contribution < 1.29 is 38.8 Å². The van der Waals surface area contributed by atoms with E-state index >= 15 is 0 Å². The molecule has 0 saturated heterocycles. The molecule has 0 amide bonds. The van der Waals surface area contributed by atoms with Crippen LogP contribution in [0.5, 0.6) is 0 Å². The number of rotatable bonds is 11. The Bertz CT molecular complexity index is 954. The van der Waals surface area contributed by atoms with Crippen LogP contribution in [0.4, 0.5) is 8.78 Å². The van der Waals surface area contributed by atoms with Gasteiger partial charge in [-0.1, -0.05) is 57.4 Å². The molecule has 0 aliphatic rings. The van der Waals surface area contributed by atoms with E-state index in [0.29, 0.717) is 0 Å². The molecule has 0 atom stereocenters. The summed E-state index contributed by atoms with van der Waals surface area (Å²) in [5, 5.41) is 17.2. The first kappa shape index (κ1) is 31.5. The van der Waals surface area contributed by atoms with E-state index in [9.17, 15) is 13.6 Å². The number of ketones is 1. The quantitative estimate of drug-likeness (QED) is 0.125. The fourth-order valence-electron chi connectivity index (χ4n) is 3.14. The molecule has 0 spiro atoms. The van der Waals surface area contributed by atoms with Gasteiger partial charge in [-0.2, -0.15) is 5.26 Å². The van der Waals surface area contributed by atoms with Gasteiger partial charge in [0.2, 0.25) is 0 Å². The number of unbranched alkanes of at least 4 members (excludes halogenated alkanes) is 7. The van der Waals surface area contributed by atoms with Crippen LogP contribution in [0.15, 0.2) is 30.3 Å². The van der Waals surface area contributed by atoms with Gasteiger partial charge in [0.1, 0.15) is 0 Å². The Hall–Kier alpha value is -2.49. The molecule has 1 N–H and O–H groups in total. The predicted octanol–water partition coefficient (Wildman–Crippen LogP) is 6.81. The van der Waals surface area contributed by atoms with E-state index in [1.54, 1.807) is 12.4 Å². The summed E-state index contributed by atoms with van der Waals surface area (Å²) < 4.78 is 27.5. The van der Waals surface area contributed by atoms with Crippen LogP contribution >= 0.6 is 0 Å². The molecule has 0 bridgehead atoms. The maximum atomic E-state index is 14.1. The van der Waals surface area contributed by atoms with E-state index in [1.165, 1.54) is 70.9 Å². The van der Waals surface area contributed by atoms with Crippen LogP contribution in [0.3, 0.4) is 0 Å². The molecular weight excluding hydrogens is 617 g/mol. The first-order valence-corrected chi connectivity index (χ1v) is 11.3. The molecule has 2 aromatic rings. The van der Waals surface area contributed by atoms with E-state index in [0.717, 1.165) is 24.5 Å². The average Bonchev–Trinajstić information content (AvgIpc) is 2.76. The third-order valence-electron chi connectivity index (χ3n) is 4.79. The molecule has 0 unspecified atom stereocenters. The molecule has 1 radical (unpaired) electrons. The number of nitriles is 1. The molecular formula is C26H32F2IrN3O2-. The topological polar surface area (TPSA) is 86.9 Å². The summed E-state index contributed by atoms with van der Waals surface area (Å²) >= 11 is 0. The molecule has 0 fully saturated rings. The molecule has 5 nitrogen and oxygen atoms in total. The second-order valence-electron chi connectivity index (χ2n) is 7.85. The van der Waals surface area contributed by atoms with Crippen molar-refractivity contribution in [2.75, 3.05) is 0 Å². The largest absolute Gasteiger partial charge is 0.512 e. The first-order valence-electron chi connectivity index (χ1n) is 11.3. The van der Waals surface area contributed by atoms with Crippen LogP contribution in [-0.4, -0.2) is 20.9 Å². The van der Waals surface area contributed by atoms with Crippen molar-refractivity contribution in [3.8, 4) is 17.5 Å². The van der Waals surface area contributed by atoms with E-state index < -0.39 is 17.2 Å². The number of aromatic nitrogens is 2. The van der Waals surface area contributed by atoms with Gasteiger partial charge in [0.25, 0.3) is 0 Å². The van der Waals surface area contributed by atoms with Gasteiger partial charge in [-0.15, -0.1) is 12.1 Å². The number of halogens is 2. The third-order valence-corrected chi connectivity index (χ3v) is 4.79. The molecule has 187 valence electrons. The molecule has 1 aromatic carbocycles. The number of benzene rings is 1. The predicted molar refractivity (Wildman–Crippen MR) is 124 cm³/mol. The summed E-state index contributed by atoms with van der Waals surface area (Å²) in [7, 11) is 0. The summed E-state index contributed by atoms with van der Waals surface area (Å²) in [5.41, 5.74) is 0.273. The Labute approximate surface area is 214 Å². The third kappa shape index (κ3) is 12.1. The minimum absolute atomic E-state index is 0. The second kappa shape index (κ2) is 17.9. The van der Waals surface area contributed by atoms with Crippen molar-refractivity contribution in [2.45, 2.75) is 78.6 Å². The van der Waals surface area contributed by atoms with Crippen LogP contribution in [0.2, 0.25) is 0 Å². The zero-order valence-corrected chi connectivity index (χ0v) is 22.4. The number of carbonyl (C=O) groups excluding carboxylic acids is 1. The average molecular weight is 649 g/mol. The fraction of sp³-hybridized carbons (Fsp3) is 0.462. The Morgan fingerprint density at radius 3 is 2.12 bits per heavy atom. The van der Waals surface area contributed by atoms with Crippen molar-refractivity contribution >= 4 is 5.78 Å². The minimum atomic E-state index is -0.969. The molecule has 2 rings (SSSR count). The van der Waals surface area contributed by atoms with E-state index in [-0.39, 0.29) is 43.0 Å². The standard InChI is InChI=1S/C21H24F2N3.C5H8O2.Ir/c1-2-3-4-5-6-7-8-9-10-16-14-25-21(26-15-16)17-11-12-19(22)18(13-24)20(17)23;1-4(6)3-5(2)7;/h12,14-15H,2-10H2,1H3;3,6H,1-2H3;/q-1;;. The molecule has 34 heavy (non-hydrogen) atoms. The number of aryl methyl sites for hydroxylation is 1. The number of allylic oxidation sites excluding steroid dienone is 2. The number of aliphatic hydroxyl groups is 1. The summed E-state index contributed by atoms with van der Waals surface area (Å²) in [6.07, 6.45) is 15.4. The Morgan fingerprint density at radius 2 is 1.65 bits per heavy atom. The number of hydrogen-bond acceptors (Lipinski definition) is 5. The zero-order valence-electron chi connectivity index (χ0n) is 20.0. The zero-order chi connectivity index (χ0) is 24.6. The van der Waals surface area contributed by atoms with E-state index in [1.807, 2.05) is 0 Å². The van der Waals surface area contributed by atoms with Crippen molar-refractivity contribution in [3.05, 3.63) is 59.1 Å². The Morgan fingerprint density at radius 1 is 1.09 bits per heavy atom. The van der Waals surface area contributed by atoms with Crippen LogP contribution in [0.1, 0.15) is 83.3 Å². The van der Waals surface area contributed by atoms with Gasteiger partial charge in [0, 0.05) is 44.1 Å². The monoisotopic (exact) mass is 649 g/mol. The van der Waals surface area contributed by atoms with Crippen LogP contribution in [0, 0.1) is 29.0 Å². The van der Waals surface area contributed by atoms with Gasteiger partial charge >= 0.3 is 0 Å². The summed E-state index contributed by atoms with van der Waals surface area (Å²) in [6.45, 7) is 5.07. The summed E-state index contributed by atoms with van der Waals surface area (Å²) in [6, 6.07) is 4.92. The molecule has 0 saturated carbocycles. The van der Waals surface area contributed by atoms with Crippen molar-refractivity contribution in [2.24, 2.45) is 0 Å². The molecule has 8 heteroatoms.